The van der Waals surface area contributed by atoms with Crippen molar-refractivity contribution < 1.29 is 9.90 Å². The van der Waals surface area contributed by atoms with E-state index in [0.29, 0.717) is 12.1 Å². The van der Waals surface area contributed by atoms with Crippen molar-refractivity contribution in [1.29, 1.82) is 0 Å². The van der Waals surface area contributed by atoms with Gasteiger partial charge in [0.25, 0.3) is 5.91 Å². The Morgan fingerprint density at radius 2 is 1.83 bits per heavy atom. The lowest BCUT2D eigenvalue weighted by Gasteiger charge is -2.37. The van der Waals surface area contributed by atoms with Crippen molar-refractivity contribution in [2.75, 3.05) is 19.6 Å². The highest BCUT2D eigenvalue weighted by molar-refractivity contribution is 5.87. The van der Waals surface area contributed by atoms with Crippen molar-refractivity contribution in [3.8, 4) is 11.8 Å². The Hall–Kier alpha value is -1.83. The molecule has 3 N–H and O–H groups in total. The molecule has 1 aromatic carbocycles. The molecular formula is C20H28N2O2. The van der Waals surface area contributed by atoms with Crippen molar-refractivity contribution >= 4 is 5.91 Å². The molecule has 1 unspecified atom stereocenters. The van der Waals surface area contributed by atoms with Crippen LogP contribution in [0.5, 0.6) is 0 Å². The summed E-state index contributed by atoms with van der Waals surface area (Å²) < 4.78 is 0. The molecule has 2 rings (SSSR count). The molecule has 0 spiro atoms. The van der Waals surface area contributed by atoms with Gasteiger partial charge in [-0.2, -0.15) is 0 Å². The van der Waals surface area contributed by atoms with Gasteiger partial charge < -0.3 is 15.7 Å². The zero-order chi connectivity index (χ0) is 17.3. The lowest BCUT2D eigenvalue weighted by Crippen LogP contribution is -2.50. The summed E-state index contributed by atoms with van der Waals surface area (Å²) in [7, 11) is 0. The normalized spacial score (nSPS) is 17.4. The number of hydrogen-bond acceptors (Lipinski definition) is 3. The van der Waals surface area contributed by atoms with E-state index in [1.54, 1.807) is 0 Å². The molecule has 0 bridgehead atoms. The number of nitrogens with one attached hydrogen (secondary N) is 2. The standard InChI is InChI=1S/C20H28N2O2/c1-2-21-15-9-10-16-22-19(23)20(24,17-11-5-3-6-12-17)18-13-7-4-8-14-18/h3,5-6,11-12,18,21,24H,2,4,7-8,13-16H2,1H3,(H,22,23). The van der Waals surface area contributed by atoms with Crippen molar-refractivity contribution in [2.45, 2.75) is 44.6 Å². The summed E-state index contributed by atoms with van der Waals surface area (Å²) in [4.78, 5) is 12.8. The Morgan fingerprint density at radius 1 is 1.17 bits per heavy atom. The average Bonchev–Trinajstić information content (AvgIpc) is 2.65. The van der Waals surface area contributed by atoms with Gasteiger partial charge in [-0.25, -0.2) is 0 Å². The molecule has 1 atom stereocenters. The number of benzene rings is 1. The maximum absolute atomic E-state index is 12.8. The highest BCUT2D eigenvalue weighted by Crippen LogP contribution is 2.39. The molecule has 1 aliphatic rings. The minimum atomic E-state index is -1.47. The molecule has 1 aromatic rings. The molecule has 1 saturated carbocycles. The molecule has 1 fully saturated rings. The van der Waals surface area contributed by atoms with Crippen molar-refractivity contribution in [3.63, 3.8) is 0 Å². The van der Waals surface area contributed by atoms with Crippen LogP contribution in [0.15, 0.2) is 30.3 Å². The van der Waals surface area contributed by atoms with E-state index >= 15 is 0 Å². The van der Waals surface area contributed by atoms with Crippen LogP contribution in [0.2, 0.25) is 0 Å². The maximum Gasteiger partial charge on any atom is 0.257 e. The first kappa shape index (κ1) is 18.5. The summed E-state index contributed by atoms with van der Waals surface area (Å²) in [6, 6.07) is 9.31. The number of amides is 1. The zero-order valence-electron chi connectivity index (χ0n) is 14.5. The van der Waals surface area contributed by atoms with E-state index in [0.717, 1.165) is 32.2 Å². The minimum Gasteiger partial charge on any atom is -0.375 e. The molecule has 1 amide bonds. The topological polar surface area (TPSA) is 61.4 Å². The van der Waals surface area contributed by atoms with Crippen molar-refractivity contribution in [2.24, 2.45) is 5.92 Å². The molecule has 1 aliphatic carbocycles. The predicted octanol–water partition coefficient (Wildman–Crippen LogP) is 2.18. The van der Waals surface area contributed by atoms with Gasteiger partial charge in [-0.1, -0.05) is 68.4 Å². The summed E-state index contributed by atoms with van der Waals surface area (Å²) in [5.41, 5.74) is -0.791. The van der Waals surface area contributed by atoms with Gasteiger partial charge >= 0.3 is 0 Å². The second kappa shape index (κ2) is 9.46. The van der Waals surface area contributed by atoms with E-state index in [-0.39, 0.29) is 18.4 Å². The molecule has 4 nitrogen and oxygen atoms in total. The molecule has 0 saturated heterocycles. The van der Waals surface area contributed by atoms with E-state index in [9.17, 15) is 9.90 Å². The summed E-state index contributed by atoms with van der Waals surface area (Å²) in [5, 5.41) is 17.3. The van der Waals surface area contributed by atoms with Gasteiger partial charge in [-0.15, -0.1) is 0 Å². The first-order valence-corrected chi connectivity index (χ1v) is 8.92. The maximum atomic E-state index is 12.8. The second-order valence-corrected chi connectivity index (χ2v) is 6.28. The lowest BCUT2D eigenvalue weighted by molar-refractivity contribution is -0.149. The Kier molecular flexibility index (Phi) is 7.30. The molecule has 0 aliphatic heterocycles. The van der Waals surface area contributed by atoms with Crippen LogP contribution in [0.1, 0.15) is 44.6 Å². The van der Waals surface area contributed by atoms with Crippen molar-refractivity contribution in [3.05, 3.63) is 35.9 Å². The monoisotopic (exact) mass is 328 g/mol. The van der Waals surface area contributed by atoms with Crippen LogP contribution in [-0.4, -0.2) is 30.6 Å². The van der Waals surface area contributed by atoms with Crippen LogP contribution in [-0.2, 0) is 10.4 Å². The van der Waals surface area contributed by atoms with Crippen LogP contribution in [0.25, 0.3) is 0 Å². The fraction of sp³-hybridized carbons (Fsp3) is 0.550. The zero-order valence-corrected chi connectivity index (χ0v) is 14.5. The van der Waals surface area contributed by atoms with Crippen molar-refractivity contribution in [1.82, 2.24) is 10.6 Å². The first-order chi connectivity index (χ1) is 11.7. The quantitative estimate of drug-likeness (QED) is 0.554. The Morgan fingerprint density at radius 3 is 2.50 bits per heavy atom. The minimum absolute atomic E-state index is 0.0385. The third-order valence-electron chi connectivity index (χ3n) is 4.68. The molecule has 24 heavy (non-hydrogen) atoms. The van der Waals surface area contributed by atoms with E-state index < -0.39 is 5.60 Å². The third-order valence-corrected chi connectivity index (χ3v) is 4.68. The van der Waals surface area contributed by atoms with Crippen LogP contribution in [0.4, 0.5) is 0 Å². The molecule has 0 heterocycles. The molecule has 4 heteroatoms. The fourth-order valence-electron chi connectivity index (χ4n) is 3.34. The number of carbonyl (C=O) groups is 1. The number of aliphatic hydroxyl groups is 1. The SMILES string of the molecule is CCNCC#CCNC(=O)C(O)(c1ccccc1)C1CCCCC1. The Balaban J connectivity index is 2.10. The smallest absolute Gasteiger partial charge is 0.257 e. The second-order valence-electron chi connectivity index (χ2n) is 6.28. The third kappa shape index (κ3) is 4.59. The number of hydrogen-bond donors (Lipinski definition) is 3. The Labute approximate surface area is 145 Å². The summed E-state index contributed by atoms with van der Waals surface area (Å²) in [6.07, 6.45) is 5.07. The van der Waals surface area contributed by atoms with E-state index in [4.69, 9.17) is 0 Å². The molecule has 130 valence electrons. The van der Waals surface area contributed by atoms with Gasteiger partial charge in [0, 0.05) is 5.92 Å². The summed E-state index contributed by atoms with van der Waals surface area (Å²) in [5.74, 6) is 5.50. The van der Waals surface area contributed by atoms with Gasteiger partial charge in [0.1, 0.15) is 0 Å². The van der Waals surface area contributed by atoms with Gasteiger partial charge in [0.15, 0.2) is 5.60 Å². The highest BCUT2D eigenvalue weighted by atomic mass is 16.3. The van der Waals surface area contributed by atoms with Gasteiger partial charge in [0.05, 0.1) is 13.1 Å². The largest absolute Gasteiger partial charge is 0.375 e. The highest BCUT2D eigenvalue weighted by Gasteiger charge is 2.45. The average molecular weight is 328 g/mol. The van der Waals surface area contributed by atoms with E-state index in [2.05, 4.69) is 22.5 Å². The lowest BCUT2D eigenvalue weighted by atomic mass is 9.73. The molecular weight excluding hydrogens is 300 g/mol. The van der Waals surface area contributed by atoms with E-state index in [1.807, 2.05) is 37.3 Å². The fourth-order valence-corrected chi connectivity index (χ4v) is 3.34. The van der Waals surface area contributed by atoms with Gasteiger partial charge in [-0.05, 0) is 24.9 Å². The van der Waals surface area contributed by atoms with Gasteiger partial charge in [0.2, 0.25) is 0 Å². The molecule has 0 aromatic heterocycles. The summed E-state index contributed by atoms with van der Waals surface area (Å²) >= 11 is 0. The van der Waals surface area contributed by atoms with Crippen LogP contribution in [0, 0.1) is 17.8 Å². The first-order valence-electron chi connectivity index (χ1n) is 8.92. The van der Waals surface area contributed by atoms with E-state index in [1.165, 1.54) is 6.42 Å². The van der Waals surface area contributed by atoms with Gasteiger partial charge in [-0.3, -0.25) is 4.79 Å². The summed E-state index contributed by atoms with van der Waals surface area (Å²) in [6.45, 7) is 3.76. The number of rotatable bonds is 6. The Bertz CT molecular complexity index is 570. The molecule has 0 radical (unpaired) electrons. The predicted molar refractivity (Wildman–Crippen MR) is 96.2 cm³/mol. The number of carbonyl (C=O) groups excluding carboxylic acids is 1. The van der Waals surface area contributed by atoms with Crippen LogP contribution in [0.3, 0.4) is 0 Å². The van der Waals surface area contributed by atoms with Crippen LogP contribution >= 0.6 is 0 Å². The van der Waals surface area contributed by atoms with Crippen LogP contribution < -0.4 is 10.6 Å².